The van der Waals surface area contributed by atoms with Gasteiger partial charge in [-0.3, -0.25) is 4.79 Å². The highest BCUT2D eigenvalue weighted by Crippen LogP contribution is 2.29. The summed E-state index contributed by atoms with van der Waals surface area (Å²) < 4.78 is 26.9. The van der Waals surface area contributed by atoms with Crippen LogP contribution in [0.15, 0.2) is 29.2 Å². The average Bonchev–Trinajstić information content (AvgIpc) is 3.13. The first-order chi connectivity index (χ1) is 12.0. The van der Waals surface area contributed by atoms with Crippen LogP contribution in [-0.4, -0.2) is 49.7 Å². The van der Waals surface area contributed by atoms with Crippen LogP contribution in [0.25, 0.3) is 0 Å². The minimum absolute atomic E-state index is 0.137. The molecule has 0 radical (unpaired) electrons. The lowest BCUT2D eigenvalue weighted by molar-refractivity contribution is -0.132. The van der Waals surface area contributed by atoms with Crippen molar-refractivity contribution in [3.05, 3.63) is 29.3 Å². The fraction of sp³-hybridized carbons (Fsp3) is 0.611. The number of hydrogen-bond acceptors (Lipinski definition) is 3. The summed E-state index contributed by atoms with van der Waals surface area (Å²) in [6.45, 7) is 1.55. The number of hydrogen-bond donors (Lipinski definition) is 0. The zero-order chi connectivity index (χ0) is 17.9. The van der Waals surface area contributed by atoms with Gasteiger partial charge in [0.15, 0.2) is 0 Å². The highest BCUT2D eigenvalue weighted by molar-refractivity contribution is 7.89. The minimum atomic E-state index is -3.60. The molecule has 5 nitrogen and oxygen atoms in total. The Bertz CT molecular complexity index is 709. The van der Waals surface area contributed by atoms with Crippen molar-refractivity contribution in [1.29, 1.82) is 0 Å². The summed E-state index contributed by atoms with van der Waals surface area (Å²) in [6, 6.07) is 6.48. The maximum absolute atomic E-state index is 12.7. The van der Waals surface area contributed by atoms with E-state index in [0.717, 1.165) is 6.42 Å². The molecule has 7 heteroatoms. The molecule has 2 fully saturated rings. The number of rotatable bonds is 5. The standard InChI is InChI=1S/C18H25ClN2O3S/c19-16-7-3-4-8-17(16)25(23,24)21-13-11-20(12-14-21)18(22)10-9-15-5-1-2-6-15/h3-4,7-8,15H,1-2,5-6,9-14H2. The minimum Gasteiger partial charge on any atom is -0.340 e. The van der Waals surface area contributed by atoms with Gasteiger partial charge in [0.25, 0.3) is 0 Å². The largest absolute Gasteiger partial charge is 0.340 e. The van der Waals surface area contributed by atoms with Crippen molar-refractivity contribution < 1.29 is 13.2 Å². The maximum atomic E-state index is 12.7. The van der Waals surface area contributed by atoms with E-state index < -0.39 is 10.0 Å². The number of piperazine rings is 1. The third kappa shape index (κ3) is 4.36. The molecule has 1 aromatic carbocycles. The summed E-state index contributed by atoms with van der Waals surface area (Å²) in [7, 11) is -3.60. The van der Waals surface area contributed by atoms with Crippen molar-refractivity contribution in [2.75, 3.05) is 26.2 Å². The SMILES string of the molecule is O=C(CCC1CCCC1)N1CCN(S(=O)(=O)c2ccccc2Cl)CC1. The van der Waals surface area contributed by atoms with Crippen molar-refractivity contribution in [2.24, 2.45) is 5.92 Å². The van der Waals surface area contributed by atoms with Crippen LogP contribution in [0, 0.1) is 5.92 Å². The molecule has 1 aliphatic carbocycles. The van der Waals surface area contributed by atoms with E-state index in [1.807, 2.05) is 0 Å². The van der Waals surface area contributed by atoms with Gasteiger partial charge in [0.05, 0.1) is 5.02 Å². The van der Waals surface area contributed by atoms with Crippen molar-refractivity contribution in [3.63, 3.8) is 0 Å². The molecule has 1 heterocycles. The van der Waals surface area contributed by atoms with Crippen LogP contribution in [0.3, 0.4) is 0 Å². The molecule has 0 N–H and O–H groups in total. The third-order valence-corrected chi connectivity index (χ3v) is 7.69. The molecule has 1 aliphatic heterocycles. The second-order valence-corrected chi connectivity index (χ2v) is 9.22. The third-order valence-electron chi connectivity index (χ3n) is 5.29. The lowest BCUT2D eigenvalue weighted by atomic mass is 10.0. The van der Waals surface area contributed by atoms with Crippen LogP contribution >= 0.6 is 11.6 Å². The molecule has 0 atom stereocenters. The van der Waals surface area contributed by atoms with Gasteiger partial charge in [-0.05, 0) is 24.5 Å². The Balaban J connectivity index is 1.54. The van der Waals surface area contributed by atoms with E-state index in [-0.39, 0.29) is 15.8 Å². The maximum Gasteiger partial charge on any atom is 0.244 e. The highest BCUT2D eigenvalue weighted by atomic mass is 35.5. The van der Waals surface area contributed by atoms with E-state index in [2.05, 4.69) is 0 Å². The monoisotopic (exact) mass is 384 g/mol. The zero-order valence-corrected chi connectivity index (χ0v) is 15.9. The van der Waals surface area contributed by atoms with Crippen LogP contribution in [0.5, 0.6) is 0 Å². The van der Waals surface area contributed by atoms with E-state index in [1.54, 1.807) is 23.1 Å². The Hall–Kier alpha value is -1.11. The molecule has 25 heavy (non-hydrogen) atoms. The first-order valence-electron chi connectivity index (χ1n) is 9.01. The number of benzene rings is 1. The molecule has 1 saturated carbocycles. The number of carbonyl (C=O) groups is 1. The Morgan fingerprint density at radius 2 is 1.72 bits per heavy atom. The summed E-state index contributed by atoms with van der Waals surface area (Å²) in [4.78, 5) is 14.3. The molecule has 1 saturated heterocycles. The summed E-state index contributed by atoms with van der Waals surface area (Å²) in [5, 5.41) is 0.234. The van der Waals surface area contributed by atoms with E-state index >= 15 is 0 Å². The molecular weight excluding hydrogens is 360 g/mol. The molecule has 0 bridgehead atoms. The molecule has 1 amide bonds. The topological polar surface area (TPSA) is 57.7 Å². The lowest BCUT2D eigenvalue weighted by Gasteiger charge is -2.34. The van der Waals surface area contributed by atoms with Gasteiger partial charge in [-0.1, -0.05) is 49.4 Å². The Morgan fingerprint density at radius 3 is 2.36 bits per heavy atom. The van der Waals surface area contributed by atoms with Crippen molar-refractivity contribution >= 4 is 27.5 Å². The Labute approximate surface area is 155 Å². The van der Waals surface area contributed by atoms with Crippen LogP contribution in [0.2, 0.25) is 5.02 Å². The molecule has 1 aromatic rings. The van der Waals surface area contributed by atoms with E-state index in [9.17, 15) is 13.2 Å². The fourth-order valence-corrected chi connectivity index (χ4v) is 5.67. The van der Waals surface area contributed by atoms with Gasteiger partial charge >= 0.3 is 0 Å². The second-order valence-electron chi connectivity index (χ2n) is 6.90. The fourth-order valence-electron chi connectivity index (χ4n) is 3.76. The summed E-state index contributed by atoms with van der Waals surface area (Å²) in [5.41, 5.74) is 0. The first kappa shape index (κ1) is 18.7. The van der Waals surface area contributed by atoms with Crippen LogP contribution in [0.1, 0.15) is 38.5 Å². The molecule has 0 spiro atoms. The van der Waals surface area contributed by atoms with Crippen molar-refractivity contribution in [3.8, 4) is 0 Å². The Morgan fingerprint density at radius 1 is 1.08 bits per heavy atom. The zero-order valence-electron chi connectivity index (χ0n) is 14.4. The average molecular weight is 385 g/mol. The van der Waals surface area contributed by atoms with Crippen LogP contribution in [-0.2, 0) is 14.8 Å². The van der Waals surface area contributed by atoms with E-state index in [4.69, 9.17) is 11.6 Å². The highest BCUT2D eigenvalue weighted by Gasteiger charge is 2.31. The van der Waals surface area contributed by atoms with Gasteiger partial charge in [-0.15, -0.1) is 0 Å². The van der Waals surface area contributed by atoms with Gasteiger partial charge in [0.1, 0.15) is 4.90 Å². The molecule has 2 aliphatic rings. The normalized spacial score (nSPS) is 20.1. The smallest absolute Gasteiger partial charge is 0.244 e. The van der Waals surface area contributed by atoms with E-state index in [0.29, 0.717) is 38.5 Å². The van der Waals surface area contributed by atoms with Gasteiger partial charge in [0.2, 0.25) is 15.9 Å². The number of amides is 1. The van der Waals surface area contributed by atoms with Gasteiger partial charge < -0.3 is 4.90 Å². The number of nitrogens with zero attached hydrogens (tertiary/aromatic N) is 2. The second kappa shape index (κ2) is 8.06. The molecule has 138 valence electrons. The summed E-state index contributed by atoms with van der Waals surface area (Å²) in [6.07, 6.45) is 6.63. The predicted molar refractivity (Wildman–Crippen MR) is 98.0 cm³/mol. The van der Waals surface area contributed by atoms with Crippen molar-refractivity contribution in [1.82, 2.24) is 9.21 Å². The lowest BCUT2D eigenvalue weighted by Crippen LogP contribution is -2.50. The quantitative estimate of drug-likeness (QED) is 0.783. The Kier molecular flexibility index (Phi) is 6.02. The number of sulfonamides is 1. The molecule has 0 aromatic heterocycles. The molecule has 3 rings (SSSR count). The van der Waals surface area contributed by atoms with Gasteiger partial charge in [-0.2, -0.15) is 4.31 Å². The predicted octanol–water partition coefficient (Wildman–Crippen LogP) is 3.14. The number of carbonyl (C=O) groups excluding carboxylic acids is 1. The van der Waals surface area contributed by atoms with Crippen LogP contribution < -0.4 is 0 Å². The van der Waals surface area contributed by atoms with Crippen LogP contribution in [0.4, 0.5) is 0 Å². The summed E-state index contributed by atoms with van der Waals surface area (Å²) in [5.74, 6) is 0.854. The van der Waals surface area contributed by atoms with Gasteiger partial charge in [-0.25, -0.2) is 8.42 Å². The van der Waals surface area contributed by atoms with Crippen molar-refractivity contribution in [2.45, 2.75) is 43.4 Å². The number of halogens is 1. The molecule has 0 unspecified atom stereocenters. The first-order valence-corrected chi connectivity index (χ1v) is 10.8. The molecular formula is C18H25ClN2O3S. The van der Waals surface area contributed by atoms with E-state index in [1.165, 1.54) is 36.1 Å². The summed E-state index contributed by atoms with van der Waals surface area (Å²) >= 11 is 6.04. The van der Waals surface area contributed by atoms with Gasteiger partial charge in [0, 0.05) is 32.6 Å².